The minimum atomic E-state index is -3.87. The predicted molar refractivity (Wildman–Crippen MR) is 217 cm³/mol. The van der Waals surface area contributed by atoms with Gasteiger partial charge >= 0.3 is 0 Å². The molecular formula is C45H82O5S. The van der Waals surface area contributed by atoms with E-state index in [9.17, 15) is 8.42 Å². The van der Waals surface area contributed by atoms with Gasteiger partial charge in [0.2, 0.25) is 0 Å². The average Bonchev–Trinajstić information content (AvgIpc) is 3.53. The van der Waals surface area contributed by atoms with Crippen LogP contribution in [0.5, 0.6) is 0 Å². The summed E-state index contributed by atoms with van der Waals surface area (Å²) in [5, 5.41) is 0. The maximum absolute atomic E-state index is 13.2. The summed E-state index contributed by atoms with van der Waals surface area (Å²) in [7, 11) is -3.87. The van der Waals surface area contributed by atoms with Crippen LogP contribution in [0.2, 0.25) is 0 Å². The second kappa shape index (κ2) is 30.4. The Morgan fingerprint density at radius 3 is 1.39 bits per heavy atom. The molecule has 0 unspecified atom stereocenters. The van der Waals surface area contributed by atoms with E-state index in [4.69, 9.17) is 13.7 Å². The lowest BCUT2D eigenvalue weighted by Crippen LogP contribution is -2.47. The SMILES string of the molecule is CCCCCCCCCCCCCCCCO[C@H]1CCC[C@]1(COS(=O)(=O)c1ccc(C)cc1)OCCCCCCCCCCCCCCCC. The van der Waals surface area contributed by atoms with Gasteiger partial charge in [0, 0.05) is 13.2 Å². The summed E-state index contributed by atoms with van der Waals surface area (Å²) < 4.78 is 45.2. The Morgan fingerprint density at radius 2 is 0.961 bits per heavy atom. The van der Waals surface area contributed by atoms with Crippen molar-refractivity contribution in [3.63, 3.8) is 0 Å². The van der Waals surface area contributed by atoms with Crippen molar-refractivity contribution in [3.8, 4) is 0 Å². The Bertz CT molecular complexity index is 1030. The summed E-state index contributed by atoms with van der Waals surface area (Å²) in [6.07, 6.45) is 39.8. The van der Waals surface area contributed by atoms with E-state index in [1.807, 2.05) is 19.1 Å². The standard InChI is InChI=1S/C45H82O5S/c1-4-6-8-10-12-14-16-18-20-22-24-26-28-30-39-48-44-33-32-38-45(44,41-50-51(46,47)43-36-34-42(3)35-37-43)49-40-31-29-27-25-23-21-19-17-15-13-11-9-7-5-2/h34-37,44H,4-33,38-41H2,1-3H3/t44-,45+/m0/s1. The molecule has 0 N–H and O–H groups in total. The molecule has 1 aromatic rings. The van der Waals surface area contributed by atoms with Gasteiger partial charge in [0.25, 0.3) is 10.1 Å². The maximum Gasteiger partial charge on any atom is 0.297 e. The van der Waals surface area contributed by atoms with E-state index in [2.05, 4.69) is 13.8 Å². The summed E-state index contributed by atoms with van der Waals surface area (Å²) in [6.45, 7) is 7.87. The first-order valence-electron chi connectivity index (χ1n) is 22.1. The summed E-state index contributed by atoms with van der Waals surface area (Å²) in [6, 6.07) is 6.89. The lowest BCUT2D eigenvalue weighted by Gasteiger charge is -2.35. The highest BCUT2D eigenvalue weighted by Crippen LogP contribution is 2.37. The highest BCUT2D eigenvalue weighted by atomic mass is 32.2. The zero-order valence-corrected chi connectivity index (χ0v) is 34.7. The molecule has 0 bridgehead atoms. The average molecular weight is 735 g/mol. The third kappa shape index (κ3) is 22.1. The molecule has 51 heavy (non-hydrogen) atoms. The van der Waals surface area contributed by atoms with Crippen molar-refractivity contribution in [3.05, 3.63) is 29.8 Å². The predicted octanol–water partition coefficient (Wildman–Crippen LogP) is 14.0. The number of aryl methyl sites for hydroxylation is 1. The molecule has 1 aromatic carbocycles. The molecule has 0 amide bonds. The first-order valence-corrected chi connectivity index (χ1v) is 23.6. The molecule has 2 rings (SSSR count). The topological polar surface area (TPSA) is 61.8 Å². The van der Waals surface area contributed by atoms with Crippen molar-refractivity contribution in [1.29, 1.82) is 0 Å². The molecule has 0 heterocycles. The minimum absolute atomic E-state index is 0.0191. The molecular weight excluding hydrogens is 653 g/mol. The van der Waals surface area contributed by atoms with Crippen LogP contribution in [0.3, 0.4) is 0 Å². The van der Waals surface area contributed by atoms with Crippen molar-refractivity contribution in [2.24, 2.45) is 0 Å². The Balaban J connectivity index is 1.68. The first-order chi connectivity index (χ1) is 24.9. The fraction of sp³-hybridized carbons (Fsp3) is 0.867. The zero-order valence-electron chi connectivity index (χ0n) is 33.9. The van der Waals surface area contributed by atoms with Gasteiger partial charge in [-0.25, -0.2) is 0 Å². The van der Waals surface area contributed by atoms with Gasteiger partial charge in [-0.1, -0.05) is 198 Å². The first kappa shape index (κ1) is 46.2. The second-order valence-corrected chi connectivity index (χ2v) is 17.5. The third-order valence-electron chi connectivity index (χ3n) is 11.1. The number of hydrogen-bond donors (Lipinski definition) is 0. The Kier molecular flexibility index (Phi) is 27.5. The fourth-order valence-corrected chi connectivity index (χ4v) is 8.62. The molecule has 1 aliphatic rings. The molecule has 6 heteroatoms. The van der Waals surface area contributed by atoms with E-state index >= 15 is 0 Å². The van der Waals surface area contributed by atoms with Crippen LogP contribution >= 0.6 is 0 Å². The van der Waals surface area contributed by atoms with Gasteiger partial charge in [-0.15, -0.1) is 0 Å². The van der Waals surface area contributed by atoms with Crippen molar-refractivity contribution in [2.45, 2.75) is 236 Å². The van der Waals surface area contributed by atoms with Crippen LogP contribution in [-0.2, 0) is 23.8 Å². The molecule has 0 radical (unpaired) electrons. The van der Waals surface area contributed by atoms with Gasteiger partial charge in [0.1, 0.15) is 5.60 Å². The quantitative estimate of drug-likeness (QED) is 0.0507. The van der Waals surface area contributed by atoms with Crippen LogP contribution < -0.4 is 0 Å². The van der Waals surface area contributed by atoms with Crippen LogP contribution in [0.4, 0.5) is 0 Å². The molecule has 1 saturated carbocycles. The number of benzene rings is 1. The Morgan fingerprint density at radius 1 is 0.569 bits per heavy atom. The molecule has 0 aliphatic heterocycles. The van der Waals surface area contributed by atoms with Gasteiger partial charge in [-0.05, 0) is 51.2 Å². The van der Waals surface area contributed by atoms with Crippen LogP contribution in [0.1, 0.15) is 218 Å². The van der Waals surface area contributed by atoms with Crippen LogP contribution in [0.25, 0.3) is 0 Å². The largest absolute Gasteiger partial charge is 0.375 e. The van der Waals surface area contributed by atoms with Crippen LogP contribution in [0, 0.1) is 6.92 Å². The van der Waals surface area contributed by atoms with E-state index in [0.717, 1.165) is 44.1 Å². The van der Waals surface area contributed by atoms with E-state index in [-0.39, 0.29) is 17.6 Å². The number of hydrogen-bond acceptors (Lipinski definition) is 5. The molecule has 0 saturated heterocycles. The highest BCUT2D eigenvalue weighted by Gasteiger charge is 2.46. The second-order valence-electron chi connectivity index (χ2n) is 15.9. The van der Waals surface area contributed by atoms with Gasteiger partial charge < -0.3 is 9.47 Å². The van der Waals surface area contributed by atoms with Crippen molar-refractivity contribution < 1.29 is 22.1 Å². The monoisotopic (exact) mass is 735 g/mol. The highest BCUT2D eigenvalue weighted by molar-refractivity contribution is 7.86. The summed E-state index contributed by atoms with van der Waals surface area (Å²) in [5.41, 5.74) is 0.319. The smallest absolute Gasteiger partial charge is 0.297 e. The Labute approximate surface area is 317 Å². The van der Waals surface area contributed by atoms with Crippen molar-refractivity contribution in [1.82, 2.24) is 0 Å². The molecule has 1 fully saturated rings. The molecule has 0 spiro atoms. The van der Waals surface area contributed by atoms with E-state index in [1.165, 1.54) is 161 Å². The van der Waals surface area contributed by atoms with E-state index in [1.54, 1.807) is 12.1 Å². The summed E-state index contributed by atoms with van der Waals surface area (Å²) in [5.74, 6) is 0. The molecule has 298 valence electrons. The van der Waals surface area contributed by atoms with Gasteiger partial charge in [-0.2, -0.15) is 8.42 Å². The van der Waals surface area contributed by atoms with Gasteiger partial charge in [0.15, 0.2) is 0 Å². The zero-order chi connectivity index (χ0) is 36.7. The third-order valence-corrected chi connectivity index (χ3v) is 12.4. The van der Waals surface area contributed by atoms with Crippen molar-refractivity contribution in [2.75, 3.05) is 19.8 Å². The Hall–Kier alpha value is -0.950. The lowest BCUT2D eigenvalue weighted by atomic mass is 10.0. The van der Waals surface area contributed by atoms with Gasteiger partial charge in [0.05, 0.1) is 17.6 Å². The van der Waals surface area contributed by atoms with Crippen LogP contribution in [0.15, 0.2) is 29.2 Å². The molecule has 1 aliphatic carbocycles. The molecule has 2 atom stereocenters. The van der Waals surface area contributed by atoms with Crippen LogP contribution in [-0.4, -0.2) is 39.9 Å². The number of ether oxygens (including phenoxy) is 2. The van der Waals surface area contributed by atoms with Crippen molar-refractivity contribution >= 4 is 10.1 Å². The minimum Gasteiger partial charge on any atom is -0.375 e. The van der Waals surface area contributed by atoms with Gasteiger partial charge in [-0.3, -0.25) is 4.18 Å². The normalized spacial score (nSPS) is 17.8. The van der Waals surface area contributed by atoms with E-state index in [0.29, 0.717) is 13.2 Å². The maximum atomic E-state index is 13.2. The lowest BCUT2D eigenvalue weighted by molar-refractivity contribution is -0.147. The van der Waals surface area contributed by atoms with E-state index < -0.39 is 15.7 Å². The summed E-state index contributed by atoms with van der Waals surface area (Å²) in [4.78, 5) is 0.202. The number of rotatable bonds is 36. The number of unbranched alkanes of at least 4 members (excludes halogenated alkanes) is 26. The summed E-state index contributed by atoms with van der Waals surface area (Å²) >= 11 is 0. The molecule has 0 aromatic heterocycles. The fourth-order valence-electron chi connectivity index (χ4n) is 7.66. The molecule has 5 nitrogen and oxygen atoms in total.